The summed E-state index contributed by atoms with van der Waals surface area (Å²) >= 11 is 6.23. The van der Waals surface area contributed by atoms with E-state index in [1.165, 1.54) is 9.13 Å². The third-order valence-electron chi connectivity index (χ3n) is 5.96. The van der Waals surface area contributed by atoms with Crippen LogP contribution in [0.25, 0.3) is 17.2 Å². The fraction of sp³-hybridized carbons (Fsp3) is 0.240. The van der Waals surface area contributed by atoms with Gasteiger partial charge in [-0.05, 0) is 29.7 Å². The van der Waals surface area contributed by atoms with Gasteiger partial charge in [-0.25, -0.2) is 4.79 Å². The predicted molar refractivity (Wildman–Crippen MR) is 132 cm³/mol. The molecule has 4 aromatic rings. The minimum absolute atomic E-state index is 0.185. The smallest absolute Gasteiger partial charge is 0.312 e. The number of hydrogen-bond donors (Lipinski definition) is 0. The number of hydrogen-bond acceptors (Lipinski definition) is 4. The first-order valence-electron chi connectivity index (χ1n) is 10.9. The van der Waals surface area contributed by atoms with E-state index in [2.05, 4.69) is 11.8 Å². The van der Waals surface area contributed by atoms with E-state index in [1.807, 2.05) is 71.3 Å². The first-order chi connectivity index (χ1) is 15.9. The van der Waals surface area contributed by atoms with Gasteiger partial charge >= 0.3 is 5.69 Å². The topological polar surface area (TPSA) is 65.1 Å². The lowest BCUT2D eigenvalue weighted by Crippen LogP contribution is -2.40. The molecule has 33 heavy (non-hydrogen) atoms. The highest BCUT2D eigenvalue weighted by Crippen LogP contribution is 2.33. The Kier molecular flexibility index (Phi) is 5.42. The van der Waals surface area contributed by atoms with Crippen molar-refractivity contribution in [1.82, 2.24) is 18.7 Å². The van der Waals surface area contributed by atoms with Crippen LogP contribution in [0.2, 0.25) is 5.02 Å². The predicted octanol–water partition coefficient (Wildman–Crippen LogP) is 4.05. The maximum absolute atomic E-state index is 13.5. The Labute approximate surface area is 195 Å². The van der Waals surface area contributed by atoms with Crippen LogP contribution in [-0.4, -0.2) is 25.2 Å². The van der Waals surface area contributed by atoms with Gasteiger partial charge < -0.3 is 9.47 Å². The van der Waals surface area contributed by atoms with Crippen LogP contribution in [0.4, 0.5) is 11.6 Å². The van der Waals surface area contributed by atoms with Crippen LogP contribution in [0.3, 0.4) is 0 Å². The molecular weight excluding hydrogens is 438 g/mol. The minimum atomic E-state index is -0.386. The summed E-state index contributed by atoms with van der Waals surface area (Å²) in [6, 6.07) is 17.4. The lowest BCUT2D eigenvalue weighted by molar-refractivity contribution is 0.458. The number of anilines is 2. The Morgan fingerprint density at radius 2 is 1.88 bits per heavy atom. The summed E-state index contributed by atoms with van der Waals surface area (Å²) in [5.41, 5.74) is 2.04. The molecule has 1 aliphatic heterocycles. The Morgan fingerprint density at radius 3 is 2.64 bits per heavy atom. The molecule has 7 nitrogen and oxygen atoms in total. The second-order valence-electron chi connectivity index (χ2n) is 8.46. The molecule has 5 rings (SSSR count). The van der Waals surface area contributed by atoms with Gasteiger partial charge in [0, 0.05) is 37.4 Å². The minimum Gasteiger partial charge on any atom is -0.312 e. The number of allylic oxidation sites excluding steroid dienone is 1. The zero-order chi connectivity index (χ0) is 23.1. The molecule has 2 aromatic heterocycles. The molecule has 8 heteroatoms. The Morgan fingerprint density at radius 1 is 1.09 bits per heavy atom. The highest BCUT2D eigenvalue weighted by molar-refractivity contribution is 6.30. The van der Waals surface area contributed by atoms with Crippen molar-refractivity contribution in [3.05, 3.63) is 92.1 Å². The van der Waals surface area contributed by atoms with Crippen molar-refractivity contribution < 1.29 is 0 Å². The molecule has 0 bridgehead atoms. The third-order valence-corrected chi connectivity index (χ3v) is 6.20. The Bertz CT molecular complexity index is 1480. The average molecular weight is 462 g/mol. The lowest BCUT2D eigenvalue weighted by Gasteiger charge is -2.33. The Hall–Kier alpha value is -3.58. The van der Waals surface area contributed by atoms with E-state index in [9.17, 15) is 9.59 Å². The highest BCUT2D eigenvalue weighted by Gasteiger charge is 2.29. The normalized spacial score (nSPS) is 16.0. The van der Waals surface area contributed by atoms with Gasteiger partial charge in [0.25, 0.3) is 5.56 Å². The SMILES string of the molecule is C[C@@H]1CN(c2cccc(Cl)c2)c2nc3c(c(=O)n(C/C=C\c4ccccc4)c(=O)n3C)n2C1. The van der Waals surface area contributed by atoms with Crippen molar-refractivity contribution in [3.63, 3.8) is 0 Å². The van der Waals surface area contributed by atoms with E-state index < -0.39 is 0 Å². The number of aryl methyl sites for hydroxylation is 1. The van der Waals surface area contributed by atoms with Crippen LogP contribution in [0, 0.1) is 5.92 Å². The maximum Gasteiger partial charge on any atom is 0.332 e. The fourth-order valence-electron chi connectivity index (χ4n) is 4.39. The van der Waals surface area contributed by atoms with Gasteiger partial charge in [-0.3, -0.25) is 13.9 Å². The molecule has 0 fully saturated rings. The standard InChI is InChI=1S/C25H24ClN5O2/c1-17-15-30(20-12-6-11-19(26)14-20)24-27-22-21(31(24)16-17)23(32)29(25(33)28(22)2)13-7-10-18-8-4-3-5-9-18/h3-12,14,17H,13,15-16H2,1-2H3/b10-7-/t17-/m1/s1. The number of benzene rings is 2. The molecule has 0 N–H and O–H groups in total. The zero-order valence-corrected chi connectivity index (χ0v) is 19.2. The summed E-state index contributed by atoms with van der Waals surface area (Å²) in [5.74, 6) is 0.923. The number of imidazole rings is 1. The first-order valence-corrected chi connectivity index (χ1v) is 11.3. The van der Waals surface area contributed by atoms with Crippen molar-refractivity contribution >= 4 is 40.5 Å². The van der Waals surface area contributed by atoms with Gasteiger partial charge in [-0.15, -0.1) is 0 Å². The third kappa shape index (κ3) is 3.78. The molecule has 168 valence electrons. The van der Waals surface area contributed by atoms with E-state index in [4.69, 9.17) is 16.6 Å². The first kappa shape index (κ1) is 21.3. The van der Waals surface area contributed by atoms with Gasteiger partial charge in [0.15, 0.2) is 11.2 Å². The van der Waals surface area contributed by atoms with Crippen molar-refractivity contribution in [1.29, 1.82) is 0 Å². The van der Waals surface area contributed by atoms with Crippen LogP contribution in [-0.2, 0) is 20.1 Å². The maximum atomic E-state index is 13.5. The summed E-state index contributed by atoms with van der Waals surface area (Å²) in [4.78, 5) is 33.3. The zero-order valence-electron chi connectivity index (χ0n) is 18.5. The van der Waals surface area contributed by atoms with Gasteiger partial charge in [0.2, 0.25) is 5.95 Å². The van der Waals surface area contributed by atoms with E-state index in [-0.39, 0.29) is 23.7 Å². The number of aromatic nitrogens is 4. The molecule has 0 aliphatic carbocycles. The summed E-state index contributed by atoms with van der Waals surface area (Å²) in [5, 5.41) is 0.633. The fourth-order valence-corrected chi connectivity index (χ4v) is 4.57. The van der Waals surface area contributed by atoms with E-state index in [0.29, 0.717) is 28.7 Å². The molecule has 2 aromatic carbocycles. The van der Waals surface area contributed by atoms with Crippen LogP contribution in [0.1, 0.15) is 12.5 Å². The molecule has 0 unspecified atom stereocenters. The van der Waals surface area contributed by atoms with Crippen LogP contribution in [0.15, 0.2) is 70.3 Å². The monoisotopic (exact) mass is 461 g/mol. The quantitative estimate of drug-likeness (QED) is 0.460. The van der Waals surface area contributed by atoms with E-state index >= 15 is 0 Å². The molecule has 0 radical (unpaired) electrons. The number of fused-ring (bicyclic) bond motifs is 3. The van der Waals surface area contributed by atoms with Crippen molar-refractivity contribution in [3.8, 4) is 0 Å². The summed E-state index contributed by atoms with van der Waals surface area (Å²) in [6.45, 7) is 3.71. The second-order valence-corrected chi connectivity index (χ2v) is 8.90. The van der Waals surface area contributed by atoms with E-state index in [0.717, 1.165) is 17.8 Å². The number of nitrogens with zero attached hydrogens (tertiary/aromatic N) is 5. The molecule has 0 spiro atoms. The molecule has 1 atom stereocenters. The molecule has 1 aliphatic rings. The van der Waals surface area contributed by atoms with E-state index in [1.54, 1.807) is 7.05 Å². The highest BCUT2D eigenvalue weighted by atomic mass is 35.5. The van der Waals surface area contributed by atoms with Gasteiger partial charge in [0.1, 0.15) is 0 Å². The van der Waals surface area contributed by atoms with Crippen molar-refractivity contribution in [2.75, 3.05) is 11.4 Å². The molecule has 0 saturated heterocycles. The van der Waals surface area contributed by atoms with Gasteiger partial charge in [0.05, 0.1) is 0 Å². The van der Waals surface area contributed by atoms with Crippen LogP contribution < -0.4 is 16.1 Å². The molecule has 0 saturated carbocycles. The summed E-state index contributed by atoms with van der Waals surface area (Å²) < 4.78 is 4.66. The lowest BCUT2D eigenvalue weighted by atomic mass is 10.1. The molecule has 0 amide bonds. The largest absolute Gasteiger partial charge is 0.332 e. The van der Waals surface area contributed by atoms with Crippen molar-refractivity contribution in [2.45, 2.75) is 20.0 Å². The van der Waals surface area contributed by atoms with Crippen LogP contribution >= 0.6 is 11.6 Å². The van der Waals surface area contributed by atoms with Crippen molar-refractivity contribution in [2.24, 2.45) is 13.0 Å². The molecule has 3 heterocycles. The Balaban J connectivity index is 1.64. The summed E-state index contributed by atoms with van der Waals surface area (Å²) in [7, 11) is 1.66. The summed E-state index contributed by atoms with van der Waals surface area (Å²) in [6.07, 6.45) is 3.74. The number of rotatable bonds is 4. The van der Waals surface area contributed by atoms with Gasteiger partial charge in [-0.2, -0.15) is 4.98 Å². The average Bonchev–Trinajstić information content (AvgIpc) is 3.19. The van der Waals surface area contributed by atoms with Gasteiger partial charge in [-0.1, -0.05) is 67.1 Å². The molecular formula is C25H24ClN5O2. The van der Waals surface area contributed by atoms with Crippen LogP contribution in [0.5, 0.6) is 0 Å². The second kappa shape index (κ2) is 8.41. The number of halogens is 1.